The Morgan fingerprint density at radius 3 is 0.727 bits per heavy atom. The SMILES string of the molecule is O=[PH](Oc1ccccc1)Oc1ccccc1.O=[PH](Oc1ccccc1)Oc1ccccc1.[Zn]. The molecule has 9 heteroatoms. The largest absolute Gasteiger partial charge is 0.418 e. The first-order valence-electron chi connectivity index (χ1n) is 9.68. The first-order chi connectivity index (χ1) is 15.7. The fraction of sp³-hybridized carbons (Fsp3) is 0. The molecule has 0 aliphatic carbocycles. The van der Waals surface area contributed by atoms with Crippen molar-refractivity contribution in [3.8, 4) is 23.0 Å². The van der Waals surface area contributed by atoms with E-state index in [1.54, 1.807) is 48.5 Å². The van der Waals surface area contributed by atoms with Crippen molar-refractivity contribution in [2.75, 3.05) is 0 Å². The molecule has 0 unspecified atom stereocenters. The minimum Gasteiger partial charge on any atom is -0.418 e. The Labute approximate surface area is 207 Å². The Morgan fingerprint density at radius 2 is 0.545 bits per heavy atom. The van der Waals surface area contributed by atoms with Crippen LogP contribution in [0.25, 0.3) is 0 Å². The van der Waals surface area contributed by atoms with Crippen LogP contribution in [-0.2, 0) is 28.6 Å². The van der Waals surface area contributed by atoms with E-state index in [2.05, 4.69) is 0 Å². The van der Waals surface area contributed by atoms with Gasteiger partial charge in [0.05, 0.1) is 0 Å². The Morgan fingerprint density at radius 1 is 0.364 bits per heavy atom. The maximum atomic E-state index is 11.5. The molecule has 0 saturated carbocycles. The van der Waals surface area contributed by atoms with Gasteiger partial charge in [0.15, 0.2) is 0 Å². The Hall–Kier alpha value is -2.84. The Balaban J connectivity index is 0.000000227. The molecule has 0 aromatic heterocycles. The standard InChI is InChI=1S/2C12H11O3P.Zn/c2*13-16(14-11-7-3-1-4-8-11)15-12-9-5-2-6-10-12;/h2*1-10,16H;. The van der Waals surface area contributed by atoms with E-state index in [1.165, 1.54) is 0 Å². The summed E-state index contributed by atoms with van der Waals surface area (Å²) in [5.74, 6) is 2.18. The van der Waals surface area contributed by atoms with E-state index in [4.69, 9.17) is 18.1 Å². The first kappa shape index (κ1) is 26.4. The number of benzene rings is 4. The summed E-state index contributed by atoms with van der Waals surface area (Å²) >= 11 is 0. The van der Waals surface area contributed by atoms with Crippen molar-refractivity contribution in [3.05, 3.63) is 121 Å². The van der Waals surface area contributed by atoms with Gasteiger partial charge in [-0.25, -0.2) is 9.13 Å². The van der Waals surface area contributed by atoms with Crippen molar-refractivity contribution in [1.29, 1.82) is 0 Å². The molecule has 0 fully saturated rings. The molecule has 0 N–H and O–H groups in total. The third kappa shape index (κ3) is 10.5. The molecule has 0 radical (unpaired) electrons. The molecule has 4 aromatic carbocycles. The molecule has 0 spiro atoms. The quantitative estimate of drug-likeness (QED) is 0.178. The average molecular weight is 534 g/mol. The second-order valence-electron chi connectivity index (χ2n) is 6.16. The van der Waals surface area contributed by atoms with Crippen LogP contribution in [0.4, 0.5) is 0 Å². The molecule has 0 aliphatic heterocycles. The zero-order valence-corrected chi connectivity index (χ0v) is 22.7. The summed E-state index contributed by atoms with van der Waals surface area (Å²) in [5.41, 5.74) is 0. The zero-order valence-electron chi connectivity index (χ0n) is 17.7. The predicted molar refractivity (Wildman–Crippen MR) is 126 cm³/mol. The fourth-order valence-corrected chi connectivity index (χ4v) is 3.78. The maximum absolute atomic E-state index is 11.5. The summed E-state index contributed by atoms with van der Waals surface area (Å²) in [7, 11) is -5.09. The molecule has 0 aliphatic rings. The fourth-order valence-electron chi connectivity index (χ4n) is 2.38. The summed E-state index contributed by atoms with van der Waals surface area (Å²) in [5, 5.41) is 0. The summed E-state index contributed by atoms with van der Waals surface area (Å²) in [6.07, 6.45) is 0. The van der Waals surface area contributed by atoms with Gasteiger partial charge in [0.25, 0.3) is 0 Å². The van der Waals surface area contributed by atoms with E-state index in [1.807, 2.05) is 72.8 Å². The average Bonchev–Trinajstić information content (AvgIpc) is 2.82. The van der Waals surface area contributed by atoms with Crippen LogP contribution in [0.15, 0.2) is 121 Å². The van der Waals surface area contributed by atoms with Crippen molar-refractivity contribution in [1.82, 2.24) is 0 Å². The zero-order chi connectivity index (χ0) is 22.4. The molecule has 166 valence electrons. The van der Waals surface area contributed by atoms with Crippen LogP contribution >= 0.6 is 16.5 Å². The molecule has 0 bridgehead atoms. The number of hydrogen-bond acceptors (Lipinski definition) is 6. The van der Waals surface area contributed by atoms with E-state index >= 15 is 0 Å². The predicted octanol–water partition coefficient (Wildman–Crippen LogP) is 7.07. The van der Waals surface area contributed by atoms with Gasteiger partial charge in [0.2, 0.25) is 0 Å². The molecule has 4 aromatic rings. The first-order valence-corrected chi connectivity index (χ1v) is 12.1. The van der Waals surface area contributed by atoms with Gasteiger partial charge >= 0.3 is 16.5 Å². The Kier molecular flexibility index (Phi) is 12.1. The van der Waals surface area contributed by atoms with Gasteiger partial charge in [-0.3, -0.25) is 0 Å². The van der Waals surface area contributed by atoms with Crippen LogP contribution in [0.2, 0.25) is 0 Å². The molecular formula is C24H22O6P2Zn. The van der Waals surface area contributed by atoms with Crippen molar-refractivity contribution < 1.29 is 46.7 Å². The van der Waals surface area contributed by atoms with Crippen molar-refractivity contribution in [3.63, 3.8) is 0 Å². The second kappa shape index (κ2) is 15.1. The van der Waals surface area contributed by atoms with Gasteiger partial charge in [-0.15, -0.1) is 0 Å². The maximum Gasteiger partial charge on any atom is 0.418 e. The second-order valence-corrected chi connectivity index (χ2v) is 7.98. The van der Waals surface area contributed by atoms with Crippen LogP contribution in [-0.4, -0.2) is 0 Å². The Bertz CT molecular complexity index is 923. The van der Waals surface area contributed by atoms with Gasteiger partial charge in [0, 0.05) is 19.5 Å². The van der Waals surface area contributed by atoms with Crippen LogP contribution in [0, 0.1) is 0 Å². The topological polar surface area (TPSA) is 71.1 Å². The monoisotopic (exact) mass is 532 g/mol. The minimum absolute atomic E-state index is 0. The molecule has 0 saturated heterocycles. The van der Waals surface area contributed by atoms with E-state index in [-0.39, 0.29) is 19.5 Å². The molecular weight excluding hydrogens is 512 g/mol. The van der Waals surface area contributed by atoms with Gasteiger partial charge in [-0.1, -0.05) is 72.8 Å². The van der Waals surface area contributed by atoms with E-state index in [9.17, 15) is 9.13 Å². The summed E-state index contributed by atoms with van der Waals surface area (Å²) < 4.78 is 43.6. The van der Waals surface area contributed by atoms with Gasteiger partial charge in [-0.05, 0) is 48.5 Å². The summed E-state index contributed by atoms with van der Waals surface area (Å²) in [6, 6.07) is 35.8. The minimum atomic E-state index is -2.54. The van der Waals surface area contributed by atoms with Gasteiger partial charge in [-0.2, -0.15) is 0 Å². The van der Waals surface area contributed by atoms with Crippen molar-refractivity contribution in [2.24, 2.45) is 0 Å². The van der Waals surface area contributed by atoms with Crippen LogP contribution in [0.1, 0.15) is 0 Å². The molecule has 33 heavy (non-hydrogen) atoms. The molecule has 6 nitrogen and oxygen atoms in total. The van der Waals surface area contributed by atoms with Crippen LogP contribution in [0.5, 0.6) is 23.0 Å². The normalized spacial score (nSPS) is 9.76. The van der Waals surface area contributed by atoms with E-state index in [0.29, 0.717) is 23.0 Å². The van der Waals surface area contributed by atoms with Crippen molar-refractivity contribution in [2.45, 2.75) is 0 Å². The summed E-state index contributed by atoms with van der Waals surface area (Å²) in [6.45, 7) is 0. The molecule has 0 heterocycles. The smallest absolute Gasteiger partial charge is 0.418 e. The van der Waals surface area contributed by atoms with Gasteiger partial charge < -0.3 is 18.1 Å². The molecule has 4 rings (SSSR count). The molecule has 0 atom stereocenters. The number of hydrogen-bond donors (Lipinski definition) is 0. The third-order valence-electron chi connectivity index (χ3n) is 3.78. The van der Waals surface area contributed by atoms with Gasteiger partial charge in [0.1, 0.15) is 23.0 Å². The van der Waals surface area contributed by atoms with Crippen molar-refractivity contribution >= 4 is 16.5 Å². The van der Waals surface area contributed by atoms with Crippen LogP contribution < -0.4 is 18.1 Å². The third-order valence-corrected chi connectivity index (χ3v) is 5.39. The van der Waals surface area contributed by atoms with E-state index in [0.717, 1.165) is 0 Å². The van der Waals surface area contributed by atoms with Crippen LogP contribution in [0.3, 0.4) is 0 Å². The number of para-hydroxylation sites is 4. The molecule has 0 amide bonds. The number of rotatable bonds is 8. The summed E-state index contributed by atoms with van der Waals surface area (Å²) in [4.78, 5) is 0. The van der Waals surface area contributed by atoms with E-state index < -0.39 is 16.5 Å².